The van der Waals surface area contributed by atoms with E-state index in [1.165, 1.54) is 13.2 Å². The van der Waals surface area contributed by atoms with Crippen LogP contribution < -0.4 is 4.74 Å². The van der Waals surface area contributed by atoms with Gasteiger partial charge in [-0.15, -0.1) is 0 Å². The highest BCUT2D eigenvalue weighted by molar-refractivity contribution is 14.1. The van der Waals surface area contributed by atoms with Crippen molar-refractivity contribution in [2.75, 3.05) is 7.11 Å². The molecular formula is C6H5FINO. The second-order valence-corrected chi connectivity index (χ2v) is 2.80. The van der Waals surface area contributed by atoms with Crippen LogP contribution in [0.3, 0.4) is 0 Å². The molecule has 0 aromatic carbocycles. The van der Waals surface area contributed by atoms with Crippen molar-refractivity contribution in [1.29, 1.82) is 0 Å². The highest BCUT2D eigenvalue weighted by Gasteiger charge is 1.99. The minimum absolute atomic E-state index is 0.318. The fourth-order valence-corrected chi connectivity index (χ4v) is 0.914. The molecule has 1 rings (SSSR count). The zero-order chi connectivity index (χ0) is 7.56. The van der Waals surface area contributed by atoms with Gasteiger partial charge in [0.05, 0.1) is 16.9 Å². The van der Waals surface area contributed by atoms with Crippen molar-refractivity contribution in [3.63, 3.8) is 0 Å². The Bertz CT molecular complexity index is 241. The van der Waals surface area contributed by atoms with Gasteiger partial charge in [0.15, 0.2) is 5.82 Å². The van der Waals surface area contributed by atoms with Crippen LogP contribution in [0.5, 0.6) is 5.88 Å². The maximum Gasteiger partial charge on any atom is 0.214 e. The first-order valence-corrected chi connectivity index (χ1v) is 3.67. The molecule has 1 heterocycles. The predicted molar refractivity (Wildman–Crippen MR) is 43.5 cm³/mol. The first-order chi connectivity index (χ1) is 4.74. The zero-order valence-electron chi connectivity index (χ0n) is 5.27. The van der Waals surface area contributed by atoms with Crippen LogP contribution in [0.15, 0.2) is 12.3 Å². The number of hydrogen-bond acceptors (Lipinski definition) is 2. The third-order valence-electron chi connectivity index (χ3n) is 0.993. The molecule has 0 aliphatic rings. The monoisotopic (exact) mass is 253 g/mol. The standard InChI is InChI=1S/C6H5FINO/c1-10-6-2-5(8)4(7)3-9-6/h2-3H,1H3. The highest BCUT2D eigenvalue weighted by atomic mass is 127. The summed E-state index contributed by atoms with van der Waals surface area (Å²) in [5, 5.41) is 0. The van der Waals surface area contributed by atoms with E-state index in [2.05, 4.69) is 4.98 Å². The first-order valence-electron chi connectivity index (χ1n) is 2.59. The van der Waals surface area contributed by atoms with Gasteiger partial charge in [0, 0.05) is 6.07 Å². The summed E-state index contributed by atoms with van der Waals surface area (Å²) >= 11 is 1.88. The Morgan fingerprint density at radius 3 is 2.90 bits per heavy atom. The van der Waals surface area contributed by atoms with Crippen LogP contribution in [-0.4, -0.2) is 12.1 Å². The van der Waals surface area contributed by atoms with E-state index in [4.69, 9.17) is 4.74 Å². The average molecular weight is 253 g/mol. The van der Waals surface area contributed by atoms with Gasteiger partial charge >= 0.3 is 0 Å². The molecule has 10 heavy (non-hydrogen) atoms. The van der Waals surface area contributed by atoms with Crippen molar-refractivity contribution in [3.8, 4) is 5.88 Å². The van der Waals surface area contributed by atoms with Gasteiger partial charge in [-0.05, 0) is 22.6 Å². The molecule has 1 aromatic heterocycles. The lowest BCUT2D eigenvalue weighted by atomic mass is 10.5. The van der Waals surface area contributed by atoms with E-state index in [0.717, 1.165) is 6.20 Å². The second kappa shape index (κ2) is 3.14. The average Bonchev–Trinajstić information content (AvgIpc) is 1.95. The van der Waals surface area contributed by atoms with Gasteiger partial charge in [-0.2, -0.15) is 0 Å². The topological polar surface area (TPSA) is 22.1 Å². The third kappa shape index (κ3) is 1.56. The van der Waals surface area contributed by atoms with E-state index in [9.17, 15) is 4.39 Å². The van der Waals surface area contributed by atoms with Gasteiger partial charge in [-0.1, -0.05) is 0 Å². The van der Waals surface area contributed by atoms with E-state index >= 15 is 0 Å². The normalized spacial score (nSPS) is 9.50. The summed E-state index contributed by atoms with van der Waals surface area (Å²) in [5.41, 5.74) is 0. The summed E-state index contributed by atoms with van der Waals surface area (Å²) in [7, 11) is 1.50. The number of aromatic nitrogens is 1. The van der Waals surface area contributed by atoms with Crippen molar-refractivity contribution in [2.24, 2.45) is 0 Å². The maximum absolute atomic E-state index is 12.5. The molecule has 0 spiro atoms. The second-order valence-electron chi connectivity index (χ2n) is 1.64. The van der Waals surface area contributed by atoms with Gasteiger partial charge in [0.25, 0.3) is 0 Å². The highest BCUT2D eigenvalue weighted by Crippen LogP contribution is 2.14. The molecule has 0 amide bonds. The van der Waals surface area contributed by atoms with Crippen LogP contribution in [0.4, 0.5) is 4.39 Å². The lowest BCUT2D eigenvalue weighted by Gasteiger charge is -1.97. The lowest BCUT2D eigenvalue weighted by Crippen LogP contribution is -1.90. The Labute approximate surface area is 71.6 Å². The van der Waals surface area contributed by atoms with E-state index in [1.54, 1.807) is 0 Å². The number of rotatable bonds is 1. The summed E-state index contributed by atoms with van der Waals surface area (Å²) in [6, 6.07) is 1.54. The summed E-state index contributed by atoms with van der Waals surface area (Å²) in [4.78, 5) is 3.66. The molecule has 0 saturated carbocycles. The molecule has 1 aromatic rings. The van der Waals surface area contributed by atoms with Gasteiger partial charge in [0.2, 0.25) is 5.88 Å². The van der Waals surface area contributed by atoms with Crippen LogP contribution in [0.2, 0.25) is 0 Å². The van der Waals surface area contributed by atoms with Gasteiger partial charge in [0.1, 0.15) is 0 Å². The maximum atomic E-state index is 12.5. The van der Waals surface area contributed by atoms with Gasteiger partial charge in [-0.25, -0.2) is 9.37 Å². The van der Waals surface area contributed by atoms with Crippen LogP contribution in [0.25, 0.3) is 0 Å². The molecule has 0 fully saturated rings. The van der Waals surface area contributed by atoms with Crippen molar-refractivity contribution < 1.29 is 9.13 Å². The molecule has 0 atom stereocenters. The Kier molecular flexibility index (Phi) is 2.42. The Balaban J connectivity index is 3.04. The van der Waals surface area contributed by atoms with Crippen molar-refractivity contribution in [1.82, 2.24) is 4.98 Å². The molecule has 0 aliphatic heterocycles. The van der Waals surface area contributed by atoms with Gasteiger partial charge in [-0.3, -0.25) is 0 Å². The first kappa shape index (κ1) is 7.71. The molecule has 2 nitrogen and oxygen atoms in total. The SMILES string of the molecule is COc1cc(I)c(F)cn1. The Hall–Kier alpha value is -0.390. The fraction of sp³-hybridized carbons (Fsp3) is 0.167. The minimum Gasteiger partial charge on any atom is -0.481 e. The molecule has 0 saturated heterocycles. The van der Waals surface area contributed by atoms with Crippen molar-refractivity contribution >= 4 is 22.6 Å². The van der Waals surface area contributed by atoms with Crippen LogP contribution in [-0.2, 0) is 0 Å². The summed E-state index contributed by atoms with van der Waals surface area (Å²) in [5.74, 6) is 0.118. The van der Waals surface area contributed by atoms with E-state index in [1.807, 2.05) is 22.6 Å². The Morgan fingerprint density at radius 2 is 2.40 bits per heavy atom. The smallest absolute Gasteiger partial charge is 0.214 e. The molecule has 0 N–H and O–H groups in total. The quantitative estimate of drug-likeness (QED) is 0.712. The van der Waals surface area contributed by atoms with Crippen molar-refractivity contribution in [3.05, 3.63) is 21.7 Å². The molecule has 0 unspecified atom stereocenters. The predicted octanol–water partition coefficient (Wildman–Crippen LogP) is 1.83. The van der Waals surface area contributed by atoms with E-state index in [-0.39, 0.29) is 5.82 Å². The van der Waals surface area contributed by atoms with E-state index in [0.29, 0.717) is 9.45 Å². The van der Waals surface area contributed by atoms with Crippen LogP contribution in [0.1, 0.15) is 0 Å². The lowest BCUT2D eigenvalue weighted by molar-refractivity contribution is 0.395. The molecule has 0 aliphatic carbocycles. The summed E-state index contributed by atoms with van der Waals surface area (Å²) < 4.78 is 17.8. The largest absolute Gasteiger partial charge is 0.481 e. The minimum atomic E-state index is -0.318. The summed E-state index contributed by atoms with van der Waals surface area (Å²) in [6.45, 7) is 0. The number of nitrogens with zero attached hydrogens (tertiary/aromatic N) is 1. The van der Waals surface area contributed by atoms with E-state index < -0.39 is 0 Å². The number of pyridine rings is 1. The molecule has 54 valence electrons. The number of ether oxygens (including phenoxy) is 1. The fourth-order valence-electron chi connectivity index (χ4n) is 0.508. The number of methoxy groups -OCH3 is 1. The number of hydrogen-bond donors (Lipinski definition) is 0. The van der Waals surface area contributed by atoms with Crippen LogP contribution in [0, 0.1) is 9.39 Å². The number of halogens is 2. The van der Waals surface area contributed by atoms with Crippen molar-refractivity contribution in [2.45, 2.75) is 0 Å². The summed E-state index contributed by atoms with van der Waals surface area (Å²) in [6.07, 6.45) is 1.14. The van der Waals surface area contributed by atoms with Crippen LogP contribution >= 0.6 is 22.6 Å². The Morgan fingerprint density at radius 1 is 1.70 bits per heavy atom. The zero-order valence-corrected chi connectivity index (χ0v) is 7.42. The third-order valence-corrected chi connectivity index (χ3v) is 1.82. The molecule has 0 radical (unpaired) electrons. The molecule has 0 bridgehead atoms. The molecule has 4 heteroatoms. The molecular weight excluding hydrogens is 248 g/mol. The van der Waals surface area contributed by atoms with Gasteiger partial charge < -0.3 is 4.74 Å².